The number of amides is 1. The molecule has 7 heteroatoms. The van der Waals surface area contributed by atoms with Crippen LogP contribution in [-0.2, 0) is 11.2 Å². The van der Waals surface area contributed by atoms with E-state index in [1.807, 2.05) is 0 Å². The summed E-state index contributed by atoms with van der Waals surface area (Å²) in [6.45, 7) is 3.41. The normalized spacial score (nSPS) is 10.5. The fourth-order valence-electron chi connectivity index (χ4n) is 2.09. The van der Waals surface area contributed by atoms with Crippen LogP contribution in [0.2, 0.25) is 5.02 Å². The second-order valence-corrected chi connectivity index (χ2v) is 5.32. The van der Waals surface area contributed by atoms with Gasteiger partial charge in [0.2, 0.25) is 5.91 Å². The maximum atomic E-state index is 13.6. The summed E-state index contributed by atoms with van der Waals surface area (Å²) >= 11 is 5.64. The summed E-state index contributed by atoms with van der Waals surface area (Å²) in [7, 11) is 0. The second kappa shape index (κ2) is 6.70. The standard InChI is InChI=1S/C15H15ClFN3O2/c1-8-11(15(22)19-9(2)18-8)4-6-14(21)20-13-5-3-10(16)7-12(13)17/h3,5,7H,4,6H2,1-2H3,(H,20,21)(H,18,19,22). The Morgan fingerprint density at radius 1 is 1.41 bits per heavy atom. The van der Waals surface area contributed by atoms with E-state index in [4.69, 9.17) is 11.6 Å². The highest BCUT2D eigenvalue weighted by molar-refractivity contribution is 6.30. The number of anilines is 1. The number of aromatic amines is 1. The summed E-state index contributed by atoms with van der Waals surface area (Å²) in [5, 5.41) is 2.71. The molecule has 0 fully saturated rings. The minimum Gasteiger partial charge on any atom is -0.324 e. The van der Waals surface area contributed by atoms with Crippen LogP contribution in [0.4, 0.5) is 10.1 Å². The Bertz CT molecular complexity index is 774. The molecule has 0 radical (unpaired) electrons. The zero-order valence-corrected chi connectivity index (χ0v) is 12.9. The lowest BCUT2D eigenvalue weighted by molar-refractivity contribution is -0.116. The van der Waals surface area contributed by atoms with Crippen molar-refractivity contribution in [2.75, 3.05) is 5.32 Å². The molecule has 1 heterocycles. The van der Waals surface area contributed by atoms with Gasteiger partial charge in [0, 0.05) is 22.7 Å². The quantitative estimate of drug-likeness (QED) is 0.908. The van der Waals surface area contributed by atoms with E-state index in [0.717, 1.165) is 6.07 Å². The molecule has 0 bridgehead atoms. The van der Waals surface area contributed by atoms with Gasteiger partial charge in [-0.1, -0.05) is 11.6 Å². The van der Waals surface area contributed by atoms with Crippen LogP contribution in [0.1, 0.15) is 23.5 Å². The number of hydrogen-bond donors (Lipinski definition) is 2. The van der Waals surface area contributed by atoms with E-state index in [0.29, 0.717) is 17.1 Å². The van der Waals surface area contributed by atoms with Crippen molar-refractivity contribution >= 4 is 23.2 Å². The van der Waals surface area contributed by atoms with E-state index in [2.05, 4.69) is 15.3 Å². The van der Waals surface area contributed by atoms with Crippen molar-refractivity contribution in [2.24, 2.45) is 0 Å². The van der Waals surface area contributed by atoms with E-state index < -0.39 is 5.82 Å². The highest BCUT2D eigenvalue weighted by Crippen LogP contribution is 2.19. The summed E-state index contributed by atoms with van der Waals surface area (Å²) in [5.74, 6) is -0.466. The molecule has 116 valence electrons. The molecule has 0 aliphatic heterocycles. The topological polar surface area (TPSA) is 74.8 Å². The first kappa shape index (κ1) is 16.2. The molecule has 0 saturated heterocycles. The predicted octanol–water partition coefficient (Wildman–Crippen LogP) is 2.75. The number of benzene rings is 1. The van der Waals surface area contributed by atoms with Crippen LogP contribution < -0.4 is 10.9 Å². The molecule has 2 aromatic rings. The molecule has 0 aliphatic rings. The Balaban J connectivity index is 2.03. The Morgan fingerprint density at radius 3 is 2.77 bits per heavy atom. The lowest BCUT2D eigenvalue weighted by Gasteiger charge is -2.08. The molecule has 1 aromatic heterocycles. The first-order valence-electron chi connectivity index (χ1n) is 6.68. The van der Waals surface area contributed by atoms with Crippen molar-refractivity contribution in [3.8, 4) is 0 Å². The van der Waals surface area contributed by atoms with Gasteiger partial charge in [0.05, 0.1) is 5.69 Å². The Hall–Kier alpha value is -2.21. The van der Waals surface area contributed by atoms with E-state index in [9.17, 15) is 14.0 Å². The van der Waals surface area contributed by atoms with E-state index in [-0.39, 0.29) is 35.0 Å². The van der Waals surface area contributed by atoms with Crippen molar-refractivity contribution in [1.82, 2.24) is 9.97 Å². The number of H-pyrrole nitrogens is 1. The molecule has 22 heavy (non-hydrogen) atoms. The molecular weight excluding hydrogens is 309 g/mol. The van der Waals surface area contributed by atoms with Crippen LogP contribution >= 0.6 is 11.6 Å². The average Bonchev–Trinajstić information content (AvgIpc) is 2.40. The monoisotopic (exact) mass is 323 g/mol. The number of aryl methyl sites for hydroxylation is 2. The molecular formula is C15H15ClFN3O2. The van der Waals surface area contributed by atoms with E-state index in [1.165, 1.54) is 12.1 Å². The smallest absolute Gasteiger partial charge is 0.254 e. The van der Waals surface area contributed by atoms with Crippen LogP contribution in [0.3, 0.4) is 0 Å². The Morgan fingerprint density at radius 2 is 2.14 bits per heavy atom. The first-order chi connectivity index (χ1) is 10.4. The molecule has 1 aromatic carbocycles. The zero-order valence-electron chi connectivity index (χ0n) is 12.2. The highest BCUT2D eigenvalue weighted by Gasteiger charge is 2.11. The van der Waals surface area contributed by atoms with Gasteiger partial charge in [0.1, 0.15) is 11.6 Å². The van der Waals surface area contributed by atoms with Gasteiger partial charge in [0.25, 0.3) is 5.56 Å². The summed E-state index contributed by atoms with van der Waals surface area (Å²) in [5.41, 5.74) is 0.849. The van der Waals surface area contributed by atoms with Crippen molar-refractivity contribution in [3.63, 3.8) is 0 Å². The number of rotatable bonds is 4. The maximum absolute atomic E-state index is 13.6. The Labute approximate surface area is 131 Å². The molecule has 1 amide bonds. The van der Waals surface area contributed by atoms with Crippen LogP contribution in [0.15, 0.2) is 23.0 Å². The van der Waals surface area contributed by atoms with Gasteiger partial charge >= 0.3 is 0 Å². The highest BCUT2D eigenvalue weighted by atomic mass is 35.5. The molecule has 0 spiro atoms. The second-order valence-electron chi connectivity index (χ2n) is 4.89. The fourth-order valence-corrected chi connectivity index (χ4v) is 2.25. The third-order valence-electron chi connectivity index (χ3n) is 3.15. The molecule has 2 rings (SSSR count). The fraction of sp³-hybridized carbons (Fsp3) is 0.267. The SMILES string of the molecule is Cc1nc(C)c(CCC(=O)Nc2ccc(Cl)cc2F)c(=O)[nH]1. The van der Waals surface area contributed by atoms with Gasteiger partial charge in [-0.25, -0.2) is 9.37 Å². The maximum Gasteiger partial charge on any atom is 0.254 e. The van der Waals surface area contributed by atoms with Crippen molar-refractivity contribution in [1.29, 1.82) is 0 Å². The summed E-state index contributed by atoms with van der Waals surface area (Å²) < 4.78 is 13.6. The summed E-state index contributed by atoms with van der Waals surface area (Å²) in [4.78, 5) is 30.4. The van der Waals surface area contributed by atoms with Crippen LogP contribution in [0, 0.1) is 19.7 Å². The molecule has 0 saturated carbocycles. The number of nitrogens with zero attached hydrogens (tertiary/aromatic N) is 1. The Kier molecular flexibility index (Phi) is 4.92. The van der Waals surface area contributed by atoms with Crippen molar-refractivity contribution in [2.45, 2.75) is 26.7 Å². The number of nitrogens with one attached hydrogen (secondary N) is 2. The molecule has 0 unspecified atom stereocenters. The van der Waals surface area contributed by atoms with Crippen molar-refractivity contribution < 1.29 is 9.18 Å². The van der Waals surface area contributed by atoms with E-state index in [1.54, 1.807) is 13.8 Å². The van der Waals surface area contributed by atoms with Crippen molar-refractivity contribution in [3.05, 3.63) is 56.5 Å². The number of carbonyl (C=O) groups is 1. The molecule has 0 atom stereocenters. The van der Waals surface area contributed by atoms with Crippen LogP contribution in [0.5, 0.6) is 0 Å². The number of halogens is 2. The number of carbonyl (C=O) groups excluding carboxylic acids is 1. The minimum atomic E-state index is -0.605. The predicted molar refractivity (Wildman–Crippen MR) is 82.7 cm³/mol. The van der Waals surface area contributed by atoms with E-state index >= 15 is 0 Å². The van der Waals surface area contributed by atoms with Gasteiger partial charge in [0.15, 0.2) is 0 Å². The molecule has 0 aliphatic carbocycles. The lowest BCUT2D eigenvalue weighted by Crippen LogP contribution is -2.20. The average molecular weight is 324 g/mol. The van der Waals surface area contributed by atoms with Gasteiger partial charge in [-0.05, 0) is 38.5 Å². The third-order valence-corrected chi connectivity index (χ3v) is 3.38. The summed E-state index contributed by atoms with van der Waals surface area (Å²) in [6, 6.07) is 4.00. The van der Waals surface area contributed by atoms with Gasteiger partial charge in [-0.2, -0.15) is 0 Å². The van der Waals surface area contributed by atoms with Crippen LogP contribution in [0.25, 0.3) is 0 Å². The first-order valence-corrected chi connectivity index (χ1v) is 7.06. The number of aromatic nitrogens is 2. The lowest BCUT2D eigenvalue weighted by atomic mass is 10.1. The largest absolute Gasteiger partial charge is 0.324 e. The number of hydrogen-bond acceptors (Lipinski definition) is 3. The van der Waals surface area contributed by atoms with Gasteiger partial charge in [-0.3, -0.25) is 9.59 Å². The zero-order chi connectivity index (χ0) is 16.3. The molecule has 5 nitrogen and oxygen atoms in total. The molecule has 2 N–H and O–H groups in total. The summed E-state index contributed by atoms with van der Waals surface area (Å²) in [6.07, 6.45) is 0.284. The minimum absolute atomic E-state index is 0.0523. The van der Waals surface area contributed by atoms with Crippen LogP contribution in [-0.4, -0.2) is 15.9 Å². The van der Waals surface area contributed by atoms with Gasteiger partial charge < -0.3 is 10.3 Å². The third kappa shape index (κ3) is 3.92. The van der Waals surface area contributed by atoms with Gasteiger partial charge in [-0.15, -0.1) is 0 Å².